The predicted octanol–water partition coefficient (Wildman–Crippen LogP) is 4.45. The molecule has 1 aliphatic rings. The summed E-state index contributed by atoms with van der Waals surface area (Å²) in [4.78, 5) is 14.3. The molecule has 25 heavy (non-hydrogen) atoms. The molecule has 0 N–H and O–H groups in total. The molecule has 0 radical (unpaired) electrons. The maximum Gasteiger partial charge on any atom is 0.339 e. The predicted molar refractivity (Wildman–Crippen MR) is 97.6 cm³/mol. The minimum Gasteiger partial charge on any atom is -0.422 e. The number of anilines is 1. The average Bonchev–Trinajstić information content (AvgIpc) is 2.63. The van der Waals surface area contributed by atoms with Gasteiger partial charge in [0.1, 0.15) is 11.4 Å². The third-order valence-corrected chi connectivity index (χ3v) is 4.98. The quantitative estimate of drug-likeness (QED) is 0.662. The number of halogens is 1. The van der Waals surface area contributed by atoms with E-state index in [0.717, 1.165) is 53.4 Å². The van der Waals surface area contributed by atoms with Crippen LogP contribution >= 0.6 is 0 Å². The van der Waals surface area contributed by atoms with Crippen LogP contribution < -0.4 is 10.5 Å². The molecule has 1 aliphatic carbocycles. The summed E-state index contributed by atoms with van der Waals surface area (Å²) >= 11 is 0. The van der Waals surface area contributed by atoms with E-state index in [9.17, 15) is 9.18 Å². The van der Waals surface area contributed by atoms with Gasteiger partial charge in [0.15, 0.2) is 0 Å². The Labute approximate surface area is 145 Å². The normalized spacial score (nSPS) is 13.7. The monoisotopic (exact) mass is 337 g/mol. The van der Waals surface area contributed by atoms with Crippen LogP contribution in [0.2, 0.25) is 0 Å². The lowest BCUT2D eigenvalue weighted by Gasteiger charge is -2.21. The van der Waals surface area contributed by atoms with E-state index in [4.69, 9.17) is 4.42 Å². The van der Waals surface area contributed by atoms with Crippen LogP contribution in [0.5, 0.6) is 0 Å². The van der Waals surface area contributed by atoms with Crippen LogP contribution in [-0.4, -0.2) is 7.05 Å². The Bertz CT molecular complexity index is 976. The zero-order chi connectivity index (χ0) is 17.4. The molecule has 0 aliphatic heterocycles. The van der Waals surface area contributed by atoms with Gasteiger partial charge in [-0.3, -0.25) is 0 Å². The summed E-state index contributed by atoms with van der Waals surface area (Å²) in [6.07, 6.45) is 3.95. The first kappa shape index (κ1) is 15.9. The molecule has 0 spiro atoms. The Kier molecular flexibility index (Phi) is 4.04. The molecular weight excluding hydrogens is 317 g/mol. The summed E-state index contributed by atoms with van der Waals surface area (Å²) in [7, 11) is 1.97. The number of aryl methyl sites for hydroxylation is 1. The van der Waals surface area contributed by atoms with Gasteiger partial charge in [-0.2, -0.15) is 0 Å². The van der Waals surface area contributed by atoms with Crippen LogP contribution in [-0.2, 0) is 19.4 Å². The van der Waals surface area contributed by atoms with Crippen LogP contribution in [0.3, 0.4) is 0 Å². The van der Waals surface area contributed by atoms with E-state index in [0.29, 0.717) is 12.1 Å². The Morgan fingerprint density at radius 1 is 1.04 bits per heavy atom. The van der Waals surface area contributed by atoms with E-state index >= 15 is 0 Å². The number of benzene rings is 2. The molecule has 4 heteroatoms. The van der Waals surface area contributed by atoms with Crippen molar-refractivity contribution in [1.82, 2.24) is 0 Å². The van der Waals surface area contributed by atoms with Crippen LogP contribution in [0.15, 0.2) is 51.7 Å². The minimum absolute atomic E-state index is 0.194. The van der Waals surface area contributed by atoms with Gasteiger partial charge < -0.3 is 9.32 Å². The van der Waals surface area contributed by atoms with Crippen LogP contribution in [0, 0.1) is 5.82 Å². The highest BCUT2D eigenvalue weighted by atomic mass is 19.1. The molecule has 0 unspecified atom stereocenters. The Balaban J connectivity index is 1.69. The van der Waals surface area contributed by atoms with Crippen molar-refractivity contribution < 1.29 is 8.81 Å². The lowest BCUT2D eigenvalue weighted by atomic mass is 9.90. The molecule has 1 aromatic heterocycles. The second-order valence-corrected chi connectivity index (χ2v) is 6.72. The Morgan fingerprint density at radius 3 is 2.52 bits per heavy atom. The van der Waals surface area contributed by atoms with Crippen molar-refractivity contribution in [3.05, 3.63) is 75.4 Å². The molecule has 0 saturated heterocycles. The number of rotatable bonds is 3. The fraction of sp³-hybridized carbons (Fsp3) is 0.286. The minimum atomic E-state index is -0.233. The number of hydrogen-bond donors (Lipinski definition) is 0. The third-order valence-electron chi connectivity index (χ3n) is 4.98. The molecule has 3 aromatic rings. The SMILES string of the molecule is CN(Cc1ccc(F)cc1)c1ccc2c3c(c(=O)oc2c1)CCCC3. The van der Waals surface area contributed by atoms with Crippen LogP contribution in [0.25, 0.3) is 11.0 Å². The molecule has 3 nitrogen and oxygen atoms in total. The van der Waals surface area contributed by atoms with Crippen LogP contribution in [0.1, 0.15) is 29.5 Å². The van der Waals surface area contributed by atoms with Gasteiger partial charge in [0, 0.05) is 36.3 Å². The van der Waals surface area contributed by atoms with Crippen molar-refractivity contribution in [3.8, 4) is 0 Å². The highest BCUT2D eigenvalue weighted by molar-refractivity contribution is 5.84. The first-order chi connectivity index (χ1) is 12.1. The molecule has 1 heterocycles. The van der Waals surface area contributed by atoms with Gasteiger partial charge >= 0.3 is 5.63 Å². The van der Waals surface area contributed by atoms with Gasteiger partial charge in [0.2, 0.25) is 0 Å². The van der Waals surface area contributed by atoms with Gasteiger partial charge in [-0.15, -0.1) is 0 Å². The van der Waals surface area contributed by atoms with Gasteiger partial charge in [-0.25, -0.2) is 9.18 Å². The number of nitrogens with zero attached hydrogens (tertiary/aromatic N) is 1. The van der Waals surface area contributed by atoms with E-state index in [1.807, 2.05) is 13.1 Å². The van der Waals surface area contributed by atoms with Gasteiger partial charge in [-0.05, 0) is 61.1 Å². The summed E-state index contributed by atoms with van der Waals surface area (Å²) < 4.78 is 18.6. The van der Waals surface area contributed by atoms with Crippen molar-refractivity contribution in [1.29, 1.82) is 0 Å². The summed E-state index contributed by atoms with van der Waals surface area (Å²) in [5.41, 5.74) is 4.46. The van der Waals surface area contributed by atoms with Crippen LogP contribution in [0.4, 0.5) is 10.1 Å². The fourth-order valence-corrected chi connectivity index (χ4v) is 3.63. The second kappa shape index (κ2) is 6.36. The summed E-state index contributed by atoms with van der Waals surface area (Å²) in [5.74, 6) is -0.233. The van der Waals surface area contributed by atoms with Gasteiger partial charge in [0.25, 0.3) is 0 Å². The summed E-state index contributed by atoms with van der Waals surface area (Å²) in [6, 6.07) is 12.5. The number of hydrogen-bond acceptors (Lipinski definition) is 3. The lowest BCUT2D eigenvalue weighted by molar-refractivity contribution is 0.534. The Hall–Kier alpha value is -2.62. The maximum atomic E-state index is 13.0. The average molecular weight is 337 g/mol. The summed E-state index contributed by atoms with van der Waals surface area (Å²) in [5, 5.41) is 1.05. The zero-order valence-electron chi connectivity index (χ0n) is 14.2. The second-order valence-electron chi connectivity index (χ2n) is 6.72. The molecule has 2 aromatic carbocycles. The smallest absolute Gasteiger partial charge is 0.339 e. The highest BCUT2D eigenvalue weighted by Crippen LogP contribution is 2.29. The standard InChI is InChI=1S/C21H20FNO2/c1-23(13-14-6-8-15(22)9-7-14)16-10-11-18-17-4-2-3-5-19(17)21(24)25-20(18)12-16/h6-12H,2-5,13H2,1H3. The van der Waals surface area contributed by atoms with Crippen molar-refractivity contribution in [2.75, 3.05) is 11.9 Å². The first-order valence-corrected chi connectivity index (χ1v) is 8.66. The zero-order valence-corrected chi connectivity index (χ0v) is 14.2. The molecule has 0 amide bonds. The maximum absolute atomic E-state index is 13.0. The van der Waals surface area contributed by atoms with Gasteiger partial charge in [0.05, 0.1) is 0 Å². The fourth-order valence-electron chi connectivity index (χ4n) is 3.63. The van der Waals surface area contributed by atoms with Crippen molar-refractivity contribution in [2.24, 2.45) is 0 Å². The van der Waals surface area contributed by atoms with E-state index in [2.05, 4.69) is 17.0 Å². The van der Waals surface area contributed by atoms with E-state index < -0.39 is 0 Å². The lowest BCUT2D eigenvalue weighted by Crippen LogP contribution is -2.18. The van der Waals surface area contributed by atoms with E-state index in [1.54, 1.807) is 12.1 Å². The third kappa shape index (κ3) is 3.04. The molecule has 128 valence electrons. The molecular formula is C21H20FNO2. The Morgan fingerprint density at radius 2 is 1.76 bits per heavy atom. The largest absolute Gasteiger partial charge is 0.422 e. The highest BCUT2D eigenvalue weighted by Gasteiger charge is 2.18. The molecule has 0 saturated carbocycles. The van der Waals surface area contributed by atoms with Gasteiger partial charge in [-0.1, -0.05) is 12.1 Å². The van der Waals surface area contributed by atoms with Crippen molar-refractivity contribution in [2.45, 2.75) is 32.2 Å². The van der Waals surface area contributed by atoms with E-state index in [-0.39, 0.29) is 11.4 Å². The summed E-state index contributed by atoms with van der Waals surface area (Å²) in [6.45, 7) is 0.654. The molecule has 0 atom stereocenters. The molecule has 4 rings (SSSR count). The molecule has 0 bridgehead atoms. The van der Waals surface area contributed by atoms with Crippen molar-refractivity contribution >= 4 is 16.7 Å². The van der Waals surface area contributed by atoms with E-state index in [1.165, 1.54) is 12.1 Å². The topological polar surface area (TPSA) is 33.5 Å². The number of fused-ring (bicyclic) bond motifs is 3. The van der Waals surface area contributed by atoms with Crippen molar-refractivity contribution in [3.63, 3.8) is 0 Å². The first-order valence-electron chi connectivity index (χ1n) is 8.66. The molecule has 0 fully saturated rings.